The van der Waals surface area contributed by atoms with Gasteiger partial charge in [0.05, 0.1) is 7.11 Å². The van der Waals surface area contributed by atoms with Gasteiger partial charge in [-0.25, -0.2) is 13.2 Å². The summed E-state index contributed by atoms with van der Waals surface area (Å²) in [6, 6.07) is 27.4. The van der Waals surface area contributed by atoms with E-state index in [1.807, 2.05) is 66.7 Å². The van der Waals surface area contributed by atoms with Crippen LogP contribution in [-0.4, -0.2) is 25.9 Å². The molecule has 1 amide bonds. The molecule has 0 unspecified atom stereocenters. The van der Waals surface area contributed by atoms with Crippen LogP contribution in [0.5, 0.6) is 0 Å². The molecule has 28 heavy (non-hydrogen) atoms. The molecule has 1 heterocycles. The topological polar surface area (TPSA) is 63.7 Å². The van der Waals surface area contributed by atoms with Gasteiger partial charge in [-0.3, -0.25) is 0 Å². The van der Waals surface area contributed by atoms with Gasteiger partial charge in [-0.15, -0.1) is 0 Å². The molecule has 0 N–H and O–H groups in total. The molecule has 5 nitrogen and oxygen atoms in total. The van der Waals surface area contributed by atoms with E-state index in [2.05, 4.69) is 0 Å². The number of methoxy groups -OCH3 is 1. The van der Waals surface area contributed by atoms with Crippen molar-refractivity contribution in [2.75, 3.05) is 7.11 Å². The second-order valence-electron chi connectivity index (χ2n) is 6.57. The first-order chi connectivity index (χ1) is 13.5. The van der Waals surface area contributed by atoms with Gasteiger partial charge in [0.1, 0.15) is 10.8 Å². The number of nitrogens with zero attached hydrogens (tertiary/aromatic N) is 1. The van der Waals surface area contributed by atoms with E-state index in [9.17, 15) is 13.2 Å². The molecule has 1 fully saturated rings. The minimum Gasteiger partial charge on any atom is -0.452 e. The molecule has 3 aromatic carbocycles. The minimum absolute atomic E-state index is 0.621. The van der Waals surface area contributed by atoms with Crippen molar-refractivity contribution in [3.05, 3.63) is 108 Å². The van der Waals surface area contributed by atoms with E-state index in [0.29, 0.717) is 16.7 Å². The predicted molar refractivity (Wildman–Crippen MR) is 106 cm³/mol. The molecule has 0 radical (unpaired) electrons. The first-order valence-electron chi connectivity index (χ1n) is 8.82. The molecular formula is C22H19NO4S. The van der Waals surface area contributed by atoms with Gasteiger partial charge < -0.3 is 4.74 Å². The van der Waals surface area contributed by atoms with Gasteiger partial charge in [-0.1, -0.05) is 91.0 Å². The summed E-state index contributed by atoms with van der Waals surface area (Å²) in [5.41, 5.74) is 0.802. The van der Waals surface area contributed by atoms with Crippen molar-refractivity contribution in [3.8, 4) is 0 Å². The molecule has 0 aromatic heterocycles. The summed E-state index contributed by atoms with van der Waals surface area (Å²) in [7, 11) is -2.78. The number of carbonyl (C=O) groups is 1. The van der Waals surface area contributed by atoms with Gasteiger partial charge in [0.15, 0.2) is 0 Å². The van der Waals surface area contributed by atoms with E-state index < -0.39 is 26.9 Å². The van der Waals surface area contributed by atoms with Gasteiger partial charge in [0.25, 0.3) is 10.0 Å². The maximum absolute atomic E-state index is 13.3. The number of amides is 1. The molecule has 0 bridgehead atoms. The molecule has 1 atom stereocenters. The molecule has 6 heteroatoms. The normalized spacial score (nSPS) is 19.5. The first-order valence-corrected chi connectivity index (χ1v) is 10.3. The summed E-state index contributed by atoms with van der Waals surface area (Å²) in [6.07, 6.45) is -0.903. The highest BCUT2D eigenvalue weighted by Gasteiger charge is 2.70. The third-order valence-electron chi connectivity index (χ3n) is 5.12. The lowest BCUT2D eigenvalue weighted by Crippen LogP contribution is -2.68. The van der Waals surface area contributed by atoms with Crippen LogP contribution in [0.15, 0.2) is 91.0 Å². The summed E-state index contributed by atoms with van der Waals surface area (Å²) in [4.78, 5) is 12.7. The highest BCUT2D eigenvalue weighted by atomic mass is 32.2. The number of ether oxygens (including phenoxy) is 1. The average molecular weight is 393 g/mol. The van der Waals surface area contributed by atoms with Gasteiger partial charge in [0.2, 0.25) is 0 Å². The Labute approximate surface area is 164 Å². The maximum atomic E-state index is 13.3. The Morgan fingerprint density at radius 1 is 0.821 bits per heavy atom. The number of hydrogen-bond donors (Lipinski definition) is 0. The molecule has 142 valence electrons. The molecule has 0 spiro atoms. The monoisotopic (exact) mass is 393 g/mol. The Balaban J connectivity index is 2.08. The van der Waals surface area contributed by atoms with Gasteiger partial charge in [-0.2, -0.15) is 4.31 Å². The number of sulfonamides is 1. The van der Waals surface area contributed by atoms with Crippen LogP contribution in [0.2, 0.25) is 0 Å². The van der Waals surface area contributed by atoms with E-state index >= 15 is 0 Å². The quantitative estimate of drug-likeness (QED) is 0.673. The Kier molecular flexibility index (Phi) is 4.43. The Bertz CT molecular complexity index is 1040. The maximum Gasteiger partial charge on any atom is 0.424 e. The summed E-state index contributed by atoms with van der Waals surface area (Å²) >= 11 is 0. The van der Waals surface area contributed by atoms with Crippen molar-refractivity contribution in [2.24, 2.45) is 0 Å². The van der Waals surface area contributed by atoms with Crippen LogP contribution < -0.4 is 0 Å². The van der Waals surface area contributed by atoms with Crippen LogP contribution in [0.1, 0.15) is 21.9 Å². The molecule has 4 rings (SSSR count). The second-order valence-corrected chi connectivity index (χ2v) is 8.44. The van der Waals surface area contributed by atoms with Gasteiger partial charge >= 0.3 is 6.09 Å². The fourth-order valence-electron chi connectivity index (χ4n) is 4.04. The number of carbonyl (C=O) groups excluding carboxylic acids is 1. The van der Waals surface area contributed by atoms with E-state index in [0.717, 1.165) is 4.31 Å². The van der Waals surface area contributed by atoms with Crippen molar-refractivity contribution in [1.29, 1.82) is 0 Å². The Morgan fingerprint density at radius 3 is 1.68 bits per heavy atom. The zero-order valence-corrected chi connectivity index (χ0v) is 16.0. The molecular weight excluding hydrogens is 374 g/mol. The molecule has 1 aliphatic rings. The van der Waals surface area contributed by atoms with E-state index in [1.165, 1.54) is 7.11 Å². The van der Waals surface area contributed by atoms with Crippen molar-refractivity contribution < 1.29 is 17.9 Å². The third-order valence-corrected chi connectivity index (χ3v) is 7.28. The van der Waals surface area contributed by atoms with Gasteiger partial charge in [0, 0.05) is 0 Å². The number of rotatable bonds is 3. The largest absolute Gasteiger partial charge is 0.452 e. The lowest BCUT2D eigenvalue weighted by atomic mass is 9.77. The van der Waals surface area contributed by atoms with Crippen molar-refractivity contribution in [2.45, 2.75) is 10.8 Å². The predicted octanol–water partition coefficient (Wildman–Crippen LogP) is 4.08. The van der Waals surface area contributed by atoms with Crippen LogP contribution in [0.3, 0.4) is 0 Å². The van der Waals surface area contributed by atoms with Crippen molar-refractivity contribution >= 4 is 16.1 Å². The zero-order chi connectivity index (χ0) is 19.8. The number of benzene rings is 3. The van der Waals surface area contributed by atoms with Crippen LogP contribution in [-0.2, 0) is 20.3 Å². The van der Waals surface area contributed by atoms with Crippen LogP contribution in [0.4, 0.5) is 4.79 Å². The lowest BCUT2D eigenvalue weighted by Gasteiger charge is -2.56. The lowest BCUT2D eigenvalue weighted by molar-refractivity contribution is 0.0995. The Hall–Kier alpha value is -3.12. The fraction of sp³-hybridized carbons (Fsp3) is 0.136. The summed E-state index contributed by atoms with van der Waals surface area (Å²) in [5, 5.41) is -0.954. The van der Waals surface area contributed by atoms with Crippen LogP contribution >= 0.6 is 0 Å². The van der Waals surface area contributed by atoms with Gasteiger partial charge in [-0.05, 0) is 16.7 Å². The highest BCUT2D eigenvalue weighted by molar-refractivity contribution is 7.91. The third kappa shape index (κ3) is 2.45. The molecule has 0 aliphatic carbocycles. The van der Waals surface area contributed by atoms with Crippen molar-refractivity contribution in [3.63, 3.8) is 0 Å². The van der Waals surface area contributed by atoms with E-state index in [1.54, 1.807) is 24.3 Å². The zero-order valence-electron chi connectivity index (χ0n) is 15.2. The average Bonchev–Trinajstić information content (AvgIpc) is 2.73. The summed E-state index contributed by atoms with van der Waals surface area (Å²) < 4.78 is 32.4. The molecule has 1 aliphatic heterocycles. The van der Waals surface area contributed by atoms with Crippen molar-refractivity contribution in [1.82, 2.24) is 4.31 Å². The molecule has 1 saturated heterocycles. The SMILES string of the molecule is COC(=O)N1C(c2ccccc2)(c2ccccc2)[C@@H](c2ccccc2)S1(=O)=O. The number of hydrogen-bond acceptors (Lipinski definition) is 4. The minimum atomic E-state index is -3.97. The highest BCUT2D eigenvalue weighted by Crippen LogP contribution is 2.60. The molecule has 0 saturated carbocycles. The van der Waals surface area contributed by atoms with Crippen LogP contribution in [0.25, 0.3) is 0 Å². The smallest absolute Gasteiger partial charge is 0.424 e. The summed E-state index contributed by atoms with van der Waals surface area (Å²) in [6.45, 7) is 0. The fourth-order valence-corrected chi connectivity index (χ4v) is 6.40. The molecule has 3 aromatic rings. The second kappa shape index (κ2) is 6.80. The standard InChI is InChI=1S/C22H19NO4S/c1-27-21(24)23-22(18-13-7-3-8-14-18,19-15-9-4-10-16-19)20(28(23,25)26)17-11-5-2-6-12-17/h2-16,20H,1H3/t20-/m1/s1. The first kappa shape index (κ1) is 18.3. The van der Waals surface area contributed by atoms with E-state index in [-0.39, 0.29) is 0 Å². The Morgan fingerprint density at radius 2 is 1.25 bits per heavy atom. The summed E-state index contributed by atoms with van der Waals surface area (Å²) in [5.74, 6) is 0. The van der Waals surface area contributed by atoms with E-state index in [4.69, 9.17) is 4.74 Å². The van der Waals surface area contributed by atoms with Crippen LogP contribution in [0, 0.1) is 0 Å².